The zero-order valence-electron chi connectivity index (χ0n) is 10.1. The van der Waals surface area contributed by atoms with Crippen molar-refractivity contribution in [1.29, 1.82) is 0 Å². The molecular formula is C12H20O6. The molecule has 0 bridgehead atoms. The fourth-order valence-electron chi connectivity index (χ4n) is 3.30. The molecule has 1 saturated heterocycles. The lowest BCUT2D eigenvalue weighted by Gasteiger charge is -2.38. The Hall–Kier alpha value is -0.240. The first-order valence-electron chi connectivity index (χ1n) is 6.62. The molecule has 1 spiro atoms. The second-order valence-electron chi connectivity index (χ2n) is 5.60. The van der Waals surface area contributed by atoms with E-state index in [9.17, 15) is 20.4 Å². The first-order chi connectivity index (χ1) is 8.54. The van der Waals surface area contributed by atoms with E-state index in [0.29, 0.717) is 0 Å². The van der Waals surface area contributed by atoms with Gasteiger partial charge in [0.2, 0.25) is 0 Å². The van der Waals surface area contributed by atoms with E-state index in [1.807, 2.05) is 0 Å². The SMILES string of the molecule is O[C@@H]1[C@H](O)[C@H](O)[C@H]2OC3(CCCCC3)O[C@H]2[C@H]1O. The predicted octanol–water partition coefficient (Wildman–Crippen LogP) is -1.11. The van der Waals surface area contributed by atoms with Crippen LogP contribution in [-0.2, 0) is 9.47 Å². The van der Waals surface area contributed by atoms with Crippen molar-refractivity contribution >= 4 is 0 Å². The Morgan fingerprint density at radius 3 is 1.56 bits per heavy atom. The molecule has 6 nitrogen and oxygen atoms in total. The molecule has 18 heavy (non-hydrogen) atoms. The normalized spacial score (nSPS) is 51.3. The molecule has 0 amide bonds. The second kappa shape index (κ2) is 4.40. The average Bonchev–Trinajstić information content (AvgIpc) is 2.74. The highest BCUT2D eigenvalue weighted by atomic mass is 16.8. The summed E-state index contributed by atoms with van der Waals surface area (Å²) < 4.78 is 11.6. The van der Waals surface area contributed by atoms with Crippen molar-refractivity contribution in [3.05, 3.63) is 0 Å². The molecule has 2 aliphatic carbocycles. The lowest BCUT2D eigenvalue weighted by Crippen LogP contribution is -2.62. The second-order valence-corrected chi connectivity index (χ2v) is 5.60. The van der Waals surface area contributed by atoms with Gasteiger partial charge in [0.1, 0.15) is 36.6 Å². The van der Waals surface area contributed by atoms with Gasteiger partial charge in [-0.15, -0.1) is 0 Å². The van der Waals surface area contributed by atoms with Gasteiger partial charge in [-0.2, -0.15) is 0 Å². The molecule has 0 unspecified atom stereocenters. The standard InChI is InChI=1S/C12H20O6/c13-6-7(14)9(16)11-10(8(6)15)17-12(18-11)4-2-1-3-5-12/h6-11,13-16H,1-5H2/t6-,7+,8-,9-,10+,11-/m0/s1. The van der Waals surface area contributed by atoms with Crippen LogP contribution in [0.25, 0.3) is 0 Å². The minimum Gasteiger partial charge on any atom is -0.387 e. The fourth-order valence-corrected chi connectivity index (χ4v) is 3.30. The first-order valence-corrected chi connectivity index (χ1v) is 6.62. The quantitative estimate of drug-likeness (QED) is 0.441. The summed E-state index contributed by atoms with van der Waals surface area (Å²) in [5, 5.41) is 39.2. The van der Waals surface area contributed by atoms with Crippen LogP contribution in [0.5, 0.6) is 0 Å². The number of hydrogen-bond donors (Lipinski definition) is 4. The van der Waals surface area contributed by atoms with Crippen molar-refractivity contribution in [3.8, 4) is 0 Å². The lowest BCUT2D eigenvalue weighted by atomic mass is 9.85. The van der Waals surface area contributed by atoms with Crippen molar-refractivity contribution < 1.29 is 29.9 Å². The van der Waals surface area contributed by atoms with Crippen LogP contribution in [0.3, 0.4) is 0 Å². The third-order valence-electron chi connectivity index (χ3n) is 4.36. The van der Waals surface area contributed by atoms with E-state index >= 15 is 0 Å². The molecule has 1 heterocycles. The summed E-state index contributed by atoms with van der Waals surface area (Å²) >= 11 is 0. The molecule has 3 aliphatic rings. The largest absolute Gasteiger partial charge is 0.387 e. The maximum atomic E-state index is 9.92. The summed E-state index contributed by atoms with van der Waals surface area (Å²) in [6.07, 6.45) is -2.24. The van der Waals surface area contributed by atoms with Crippen molar-refractivity contribution in [3.63, 3.8) is 0 Å². The van der Waals surface area contributed by atoms with Gasteiger partial charge in [-0.25, -0.2) is 0 Å². The van der Waals surface area contributed by atoms with Gasteiger partial charge in [0, 0.05) is 12.8 Å². The Morgan fingerprint density at radius 2 is 1.11 bits per heavy atom. The third kappa shape index (κ3) is 1.79. The molecule has 4 N–H and O–H groups in total. The van der Waals surface area contributed by atoms with E-state index in [-0.39, 0.29) is 0 Å². The number of aliphatic hydroxyl groups excluding tert-OH is 4. The van der Waals surface area contributed by atoms with E-state index in [0.717, 1.165) is 32.1 Å². The van der Waals surface area contributed by atoms with Crippen molar-refractivity contribution in [2.75, 3.05) is 0 Å². The highest BCUT2D eigenvalue weighted by Gasteiger charge is 2.59. The minimum absolute atomic E-state index is 0.728. The van der Waals surface area contributed by atoms with Crippen LogP contribution < -0.4 is 0 Å². The topological polar surface area (TPSA) is 99.4 Å². The highest BCUT2D eigenvalue weighted by Crippen LogP contribution is 2.44. The average molecular weight is 260 g/mol. The molecule has 1 aliphatic heterocycles. The van der Waals surface area contributed by atoms with E-state index in [1.165, 1.54) is 0 Å². The van der Waals surface area contributed by atoms with Crippen LogP contribution in [0, 0.1) is 0 Å². The van der Waals surface area contributed by atoms with Crippen LogP contribution in [0.2, 0.25) is 0 Å². The number of aliphatic hydroxyl groups is 4. The Labute approximate surface area is 105 Å². The minimum atomic E-state index is -1.40. The van der Waals surface area contributed by atoms with E-state index in [1.54, 1.807) is 0 Å². The summed E-state index contributed by atoms with van der Waals surface area (Å²) in [6, 6.07) is 0. The lowest BCUT2D eigenvalue weighted by molar-refractivity contribution is -0.203. The van der Waals surface area contributed by atoms with Gasteiger partial charge >= 0.3 is 0 Å². The van der Waals surface area contributed by atoms with Gasteiger partial charge in [0.15, 0.2) is 5.79 Å². The summed E-state index contributed by atoms with van der Waals surface area (Å²) in [7, 11) is 0. The van der Waals surface area contributed by atoms with Crippen LogP contribution in [0.15, 0.2) is 0 Å². The van der Waals surface area contributed by atoms with Gasteiger partial charge < -0.3 is 29.9 Å². The van der Waals surface area contributed by atoms with Gasteiger partial charge in [-0.05, 0) is 12.8 Å². The summed E-state index contributed by atoms with van der Waals surface area (Å²) in [4.78, 5) is 0. The molecule has 0 aromatic heterocycles. The molecule has 2 saturated carbocycles. The number of ether oxygens (including phenoxy) is 2. The molecule has 6 atom stereocenters. The Bertz CT molecular complexity index is 292. The number of rotatable bonds is 0. The van der Waals surface area contributed by atoms with Crippen molar-refractivity contribution in [1.82, 2.24) is 0 Å². The number of hydrogen-bond acceptors (Lipinski definition) is 6. The molecule has 3 fully saturated rings. The van der Waals surface area contributed by atoms with Crippen LogP contribution in [0.1, 0.15) is 32.1 Å². The zero-order chi connectivity index (χ0) is 12.9. The third-order valence-corrected chi connectivity index (χ3v) is 4.36. The van der Waals surface area contributed by atoms with E-state index < -0.39 is 42.4 Å². The van der Waals surface area contributed by atoms with Crippen molar-refractivity contribution in [2.24, 2.45) is 0 Å². The summed E-state index contributed by atoms with van der Waals surface area (Å²) in [6.45, 7) is 0. The van der Waals surface area contributed by atoms with Crippen LogP contribution in [0.4, 0.5) is 0 Å². The Balaban J connectivity index is 1.82. The van der Waals surface area contributed by atoms with Gasteiger partial charge in [0.05, 0.1) is 0 Å². The predicted molar refractivity (Wildman–Crippen MR) is 59.6 cm³/mol. The molecule has 6 heteroatoms. The highest BCUT2D eigenvalue weighted by molar-refractivity contribution is 5.04. The zero-order valence-corrected chi connectivity index (χ0v) is 10.1. The first kappa shape index (κ1) is 12.8. The summed E-state index contributed by atoms with van der Waals surface area (Å²) in [5.41, 5.74) is 0. The molecule has 104 valence electrons. The van der Waals surface area contributed by atoms with Crippen LogP contribution >= 0.6 is 0 Å². The molecular weight excluding hydrogens is 240 g/mol. The van der Waals surface area contributed by atoms with Crippen LogP contribution in [-0.4, -0.2) is 62.8 Å². The molecule has 0 radical (unpaired) electrons. The smallest absolute Gasteiger partial charge is 0.169 e. The molecule has 0 aromatic rings. The van der Waals surface area contributed by atoms with Crippen molar-refractivity contribution in [2.45, 2.75) is 74.5 Å². The number of fused-ring (bicyclic) bond motifs is 1. The van der Waals surface area contributed by atoms with E-state index in [2.05, 4.69) is 0 Å². The van der Waals surface area contributed by atoms with E-state index in [4.69, 9.17) is 9.47 Å². The monoisotopic (exact) mass is 260 g/mol. The molecule has 0 aromatic carbocycles. The maximum Gasteiger partial charge on any atom is 0.169 e. The Kier molecular flexibility index (Phi) is 3.12. The Morgan fingerprint density at radius 1 is 0.667 bits per heavy atom. The van der Waals surface area contributed by atoms with Gasteiger partial charge in [-0.1, -0.05) is 6.42 Å². The summed E-state index contributed by atoms with van der Waals surface area (Å²) in [5.74, 6) is -0.751. The molecule has 3 rings (SSSR count). The maximum absolute atomic E-state index is 9.92. The fraction of sp³-hybridized carbons (Fsp3) is 1.00. The van der Waals surface area contributed by atoms with Gasteiger partial charge in [0.25, 0.3) is 0 Å². The van der Waals surface area contributed by atoms with Gasteiger partial charge in [-0.3, -0.25) is 0 Å².